The van der Waals surface area contributed by atoms with E-state index in [1.165, 1.54) is 128 Å². The maximum absolute atomic E-state index is 12.7. The van der Waals surface area contributed by atoms with Gasteiger partial charge in [0.25, 0.3) is 0 Å². The standard InChI is InChI=1S/C46H88O6/c1-6-7-8-24-31-36-44(47)50-39-43(40-51-45(48)37-32-27-22-19-18-21-26-30-35-42(4)5)52-46(49)38-33-28-23-17-15-13-11-9-10-12-14-16-20-25-29-34-41(2)3/h41-43H,6-40H2,1-5H3/t43-/m0/s1. The molecule has 0 unspecified atom stereocenters. The van der Waals surface area contributed by atoms with E-state index in [0.717, 1.165) is 76.0 Å². The van der Waals surface area contributed by atoms with E-state index in [0.29, 0.717) is 19.3 Å². The number of rotatable bonds is 40. The van der Waals surface area contributed by atoms with E-state index in [9.17, 15) is 14.4 Å². The van der Waals surface area contributed by atoms with Crippen molar-refractivity contribution in [3.8, 4) is 0 Å². The van der Waals surface area contributed by atoms with Gasteiger partial charge in [-0.2, -0.15) is 0 Å². The van der Waals surface area contributed by atoms with Crippen molar-refractivity contribution in [1.29, 1.82) is 0 Å². The third kappa shape index (κ3) is 39.6. The predicted octanol–water partition coefficient (Wildman–Crippen LogP) is 14.2. The van der Waals surface area contributed by atoms with Crippen molar-refractivity contribution in [2.24, 2.45) is 11.8 Å². The quantitative estimate of drug-likeness (QED) is 0.0354. The molecule has 0 aliphatic rings. The van der Waals surface area contributed by atoms with E-state index in [1.807, 2.05) is 0 Å². The van der Waals surface area contributed by atoms with Gasteiger partial charge in [-0.15, -0.1) is 0 Å². The monoisotopic (exact) mass is 737 g/mol. The first kappa shape index (κ1) is 50.4. The van der Waals surface area contributed by atoms with Crippen molar-refractivity contribution in [3.05, 3.63) is 0 Å². The lowest BCUT2D eigenvalue weighted by atomic mass is 10.0. The molecule has 6 nitrogen and oxygen atoms in total. The van der Waals surface area contributed by atoms with Gasteiger partial charge in [-0.05, 0) is 31.1 Å². The molecule has 0 heterocycles. The van der Waals surface area contributed by atoms with Crippen LogP contribution in [0.1, 0.15) is 247 Å². The van der Waals surface area contributed by atoms with Crippen molar-refractivity contribution in [3.63, 3.8) is 0 Å². The topological polar surface area (TPSA) is 78.9 Å². The Morgan fingerprint density at radius 1 is 0.365 bits per heavy atom. The molecule has 0 bridgehead atoms. The van der Waals surface area contributed by atoms with E-state index < -0.39 is 6.10 Å². The minimum atomic E-state index is -0.758. The average molecular weight is 737 g/mol. The first-order valence-corrected chi connectivity index (χ1v) is 22.7. The highest BCUT2D eigenvalue weighted by Gasteiger charge is 2.19. The van der Waals surface area contributed by atoms with Crippen LogP contribution in [0.15, 0.2) is 0 Å². The number of hydrogen-bond donors (Lipinski definition) is 0. The molecule has 0 aromatic rings. The highest BCUT2D eigenvalue weighted by atomic mass is 16.6. The van der Waals surface area contributed by atoms with Gasteiger partial charge < -0.3 is 14.2 Å². The van der Waals surface area contributed by atoms with Crippen LogP contribution in [0.3, 0.4) is 0 Å². The van der Waals surface area contributed by atoms with Crippen LogP contribution >= 0.6 is 0 Å². The number of ether oxygens (including phenoxy) is 3. The molecule has 0 fully saturated rings. The molecule has 308 valence electrons. The molecule has 0 radical (unpaired) electrons. The molecular weight excluding hydrogens is 649 g/mol. The molecule has 0 saturated heterocycles. The van der Waals surface area contributed by atoms with Gasteiger partial charge >= 0.3 is 17.9 Å². The molecule has 1 atom stereocenters. The minimum Gasteiger partial charge on any atom is -0.462 e. The fourth-order valence-electron chi connectivity index (χ4n) is 6.75. The van der Waals surface area contributed by atoms with Gasteiger partial charge in [0.05, 0.1) is 0 Å². The Morgan fingerprint density at radius 3 is 0.942 bits per heavy atom. The predicted molar refractivity (Wildman–Crippen MR) is 220 cm³/mol. The first-order valence-electron chi connectivity index (χ1n) is 22.7. The second-order valence-corrected chi connectivity index (χ2v) is 16.6. The van der Waals surface area contributed by atoms with Crippen LogP contribution in [-0.2, 0) is 28.6 Å². The molecule has 52 heavy (non-hydrogen) atoms. The largest absolute Gasteiger partial charge is 0.462 e. The van der Waals surface area contributed by atoms with Gasteiger partial charge in [0, 0.05) is 19.3 Å². The van der Waals surface area contributed by atoms with Crippen LogP contribution in [0.25, 0.3) is 0 Å². The number of carbonyl (C=O) groups excluding carboxylic acids is 3. The molecule has 0 aliphatic heterocycles. The Labute approximate surface area is 323 Å². The second kappa shape index (κ2) is 39.1. The van der Waals surface area contributed by atoms with Crippen molar-refractivity contribution < 1.29 is 28.6 Å². The van der Waals surface area contributed by atoms with Crippen LogP contribution < -0.4 is 0 Å². The van der Waals surface area contributed by atoms with Gasteiger partial charge in [-0.3, -0.25) is 14.4 Å². The van der Waals surface area contributed by atoms with Gasteiger partial charge in [-0.1, -0.05) is 208 Å². The van der Waals surface area contributed by atoms with E-state index >= 15 is 0 Å². The zero-order chi connectivity index (χ0) is 38.3. The smallest absolute Gasteiger partial charge is 0.306 e. The van der Waals surface area contributed by atoms with Crippen LogP contribution in [0.2, 0.25) is 0 Å². The van der Waals surface area contributed by atoms with E-state index in [-0.39, 0.29) is 31.1 Å². The summed E-state index contributed by atoms with van der Waals surface area (Å²) in [6.45, 7) is 11.2. The third-order valence-electron chi connectivity index (χ3n) is 10.2. The van der Waals surface area contributed by atoms with Crippen molar-refractivity contribution in [2.75, 3.05) is 13.2 Å². The summed E-state index contributed by atoms with van der Waals surface area (Å²) in [5, 5.41) is 0. The molecule has 0 spiro atoms. The Bertz CT molecular complexity index is 794. The maximum Gasteiger partial charge on any atom is 0.306 e. The Morgan fingerprint density at radius 2 is 0.635 bits per heavy atom. The van der Waals surface area contributed by atoms with Gasteiger partial charge in [0.2, 0.25) is 0 Å². The lowest BCUT2D eigenvalue weighted by Crippen LogP contribution is -2.30. The van der Waals surface area contributed by atoms with Gasteiger partial charge in [0.1, 0.15) is 13.2 Å². The van der Waals surface area contributed by atoms with E-state index in [4.69, 9.17) is 14.2 Å². The summed E-state index contributed by atoms with van der Waals surface area (Å²) in [5.41, 5.74) is 0. The lowest BCUT2D eigenvalue weighted by molar-refractivity contribution is -0.167. The van der Waals surface area contributed by atoms with Crippen LogP contribution in [0.5, 0.6) is 0 Å². The molecule has 0 aromatic heterocycles. The van der Waals surface area contributed by atoms with Crippen LogP contribution in [-0.4, -0.2) is 37.2 Å². The van der Waals surface area contributed by atoms with E-state index in [1.54, 1.807) is 0 Å². The summed E-state index contributed by atoms with van der Waals surface area (Å²) >= 11 is 0. The summed E-state index contributed by atoms with van der Waals surface area (Å²) in [6.07, 6.45) is 37.0. The van der Waals surface area contributed by atoms with Crippen molar-refractivity contribution in [2.45, 2.75) is 253 Å². The fraction of sp³-hybridized carbons (Fsp3) is 0.935. The summed E-state index contributed by atoms with van der Waals surface area (Å²) in [5.74, 6) is 0.772. The van der Waals surface area contributed by atoms with Gasteiger partial charge in [0.15, 0.2) is 6.10 Å². The zero-order valence-electron chi connectivity index (χ0n) is 35.4. The third-order valence-corrected chi connectivity index (χ3v) is 10.2. The van der Waals surface area contributed by atoms with Gasteiger partial charge in [-0.25, -0.2) is 0 Å². The highest BCUT2D eigenvalue weighted by Crippen LogP contribution is 2.17. The van der Waals surface area contributed by atoms with Crippen molar-refractivity contribution >= 4 is 17.9 Å². The molecule has 0 aliphatic carbocycles. The molecule has 6 heteroatoms. The van der Waals surface area contributed by atoms with Crippen LogP contribution in [0.4, 0.5) is 0 Å². The van der Waals surface area contributed by atoms with Crippen LogP contribution in [0, 0.1) is 11.8 Å². The summed E-state index contributed by atoms with van der Waals surface area (Å²) < 4.78 is 16.6. The Kier molecular flexibility index (Phi) is 37.9. The Balaban J connectivity index is 4.15. The lowest BCUT2D eigenvalue weighted by Gasteiger charge is -2.18. The number of hydrogen-bond acceptors (Lipinski definition) is 6. The fourth-order valence-corrected chi connectivity index (χ4v) is 6.75. The van der Waals surface area contributed by atoms with Crippen molar-refractivity contribution in [1.82, 2.24) is 0 Å². The number of unbranched alkanes of at least 4 members (excludes halogenated alkanes) is 25. The molecule has 0 rings (SSSR count). The average Bonchev–Trinajstić information content (AvgIpc) is 3.11. The summed E-state index contributed by atoms with van der Waals surface area (Å²) in [7, 11) is 0. The number of esters is 3. The summed E-state index contributed by atoms with van der Waals surface area (Å²) in [6, 6.07) is 0. The molecule has 0 amide bonds. The zero-order valence-corrected chi connectivity index (χ0v) is 35.4. The molecule has 0 N–H and O–H groups in total. The SMILES string of the molecule is CCCCCCCC(=O)OC[C@@H](COC(=O)CCCCCCCCCCC(C)C)OC(=O)CCCCCCCCCCCCCCCCCC(C)C. The highest BCUT2D eigenvalue weighted by molar-refractivity contribution is 5.71. The number of carbonyl (C=O) groups is 3. The minimum absolute atomic E-state index is 0.0663. The second-order valence-electron chi connectivity index (χ2n) is 16.6. The maximum atomic E-state index is 12.7. The normalized spacial score (nSPS) is 12.1. The first-order chi connectivity index (χ1) is 25.2. The Hall–Kier alpha value is -1.59. The molecule has 0 saturated carbocycles. The molecular formula is C46H88O6. The summed E-state index contributed by atoms with van der Waals surface area (Å²) in [4.78, 5) is 37.4. The molecule has 0 aromatic carbocycles. The van der Waals surface area contributed by atoms with E-state index in [2.05, 4.69) is 34.6 Å².